The molecule has 1 heterocycles. The molecule has 0 saturated heterocycles. The van der Waals surface area contributed by atoms with Crippen molar-refractivity contribution in [2.45, 2.75) is 17.5 Å². The summed E-state index contributed by atoms with van der Waals surface area (Å²) in [4.78, 5) is 21.4. The van der Waals surface area contributed by atoms with Crippen molar-refractivity contribution in [3.8, 4) is 5.75 Å². The summed E-state index contributed by atoms with van der Waals surface area (Å²) in [6.07, 6.45) is 1.74. The number of hydrogen-bond acceptors (Lipinski definition) is 7. The van der Waals surface area contributed by atoms with E-state index in [0.29, 0.717) is 34.4 Å². The van der Waals surface area contributed by atoms with Crippen molar-refractivity contribution in [1.29, 1.82) is 0 Å². The van der Waals surface area contributed by atoms with Crippen molar-refractivity contribution in [2.24, 2.45) is 0 Å². The first-order valence-electron chi connectivity index (χ1n) is 10.7. The zero-order chi connectivity index (χ0) is 23.8. The van der Waals surface area contributed by atoms with E-state index < -0.39 is 0 Å². The van der Waals surface area contributed by atoms with Crippen LogP contribution in [0, 0.1) is 0 Å². The maximum absolute atomic E-state index is 12.5. The summed E-state index contributed by atoms with van der Waals surface area (Å²) >= 11 is 1.54. The minimum Gasteiger partial charge on any atom is -0.497 e. The van der Waals surface area contributed by atoms with Crippen LogP contribution in [0.25, 0.3) is 0 Å². The summed E-state index contributed by atoms with van der Waals surface area (Å²) in [6, 6.07) is 24.4. The molecule has 0 atom stereocenters. The number of nitrogens with zero attached hydrogens (tertiary/aromatic N) is 2. The Kier molecular flexibility index (Phi) is 7.62. The number of ether oxygens (including phenoxy) is 1. The second kappa shape index (κ2) is 11.2. The Hall–Kier alpha value is -4.04. The van der Waals surface area contributed by atoms with Crippen LogP contribution in [0.2, 0.25) is 0 Å². The summed E-state index contributed by atoms with van der Waals surface area (Å²) in [5, 5.41) is 6.84. The molecule has 0 aliphatic carbocycles. The number of carbonyl (C=O) groups is 1. The first kappa shape index (κ1) is 23.1. The number of hydrogen-bond donors (Lipinski definition) is 3. The van der Waals surface area contributed by atoms with Crippen LogP contribution in [-0.2, 0) is 12.3 Å². The highest BCUT2D eigenvalue weighted by Crippen LogP contribution is 2.22. The van der Waals surface area contributed by atoms with E-state index in [4.69, 9.17) is 10.5 Å². The number of para-hydroxylation sites is 2. The minimum atomic E-state index is -0.198. The first-order valence-corrected chi connectivity index (χ1v) is 11.7. The molecule has 0 radical (unpaired) electrons. The normalized spacial score (nSPS) is 10.5. The molecule has 172 valence electrons. The molecule has 0 spiro atoms. The van der Waals surface area contributed by atoms with Crippen LogP contribution in [0.4, 0.5) is 17.2 Å². The Bertz CT molecular complexity index is 1250. The number of nitrogens with one attached hydrogen (secondary N) is 2. The Morgan fingerprint density at radius 2 is 1.71 bits per heavy atom. The fraction of sp³-hybridized carbons (Fsp3) is 0.115. The predicted molar refractivity (Wildman–Crippen MR) is 137 cm³/mol. The monoisotopic (exact) mass is 471 g/mol. The third-order valence-electron chi connectivity index (χ3n) is 5.06. The van der Waals surface area contributed by atoms with Crippen LogP contribution >= 0.6 is 11.8 Å². The smallest absolute Gasteiger partial charge is 0.255 e. The molecular weight excluding hydrogens is 446 g/mol. The van der Waals surface area contributed by atoms with Gasteiger partial charge in [0.15, 0.2) is 5.16 Å². The van der Waals surface area contributed by atoms with Crippen molar-refractivity contribution in [2.75, 3.05) is 23.5 Å². The summed E-state index contributed by atoms with van der Waals surface area (Å²) in [5.74, 6) is 2.09. The highest BCUT2D eigenvalue weighted by Gasteiger charge is 2.08. The van der Waals surface area contributed by atoms with Crippen LogP contribution in [0.1, 0.15) is 21.5 Å². The van der Waals surface area contributed by atoms with Gasteiger partial charge in [0, 0.05) is 24.1 Å². The third kappa shape index (κ3) is 6.26. The fourth-order valence-corrected chi connectivity index (χ4v) is 3.94. The van der Waals surface area contributed by atoms with Gasteiger partial charge in [0.05, 0.1) is 18.5 Å². The second-order valence-electron chi connectivity index (χ2n) is 7.45. The van der Waals surface area contributed by atoms with Crippen LogP contribution in [0.5, 0.6) is 5.75 Å². The molecule has 8 heteroatoms. The summed E-state index contributed by atoms with van der Waals surface area (Å²) in [5.41, 5.74) is 9.80. The largest absolute Gasteiger partial charge is 0.497 e. The number of carbonyl (C=O) groups excluding carboxylic acids is 1. The highest BCUT2D eigenvalue weighted by atomic mass is 32.2. The number of anilines is 3. The average Bonchev–Trinajstić information content (AvgIpc) is 2.88. The molecule has 4 aromatic rings. The molecule has 0 aliphatic rings. The number of thioether (sulfide) groups is 1. The van der Waals surface area contributed by atoms with E-state index >= 15 is 0 Å². The van der Waals surface area contributed by atoms with Crippen molar-refractivity contribution in [3.05, 3.63) is 102 Å². The summed E-state index contributed by atoms with van der Waals surface area (Å²) in [6.45, 7) is 0.656. The van der Waals surface area contributed by atoms with Gasteiger partial charge in [-0.3, -0.25) is 4.79 Å². The third-order valence-corrected chi connectivity index (χ3v) is 5.99. The number of nitrogens with two attached hydrogens (primary N) is 1. The Morgan fingerprint density at radius 1 is 0.971 bits per heavy atom. The molecule has 1 aromatic heterocycles. The quantitative estimate of drug-likeness (QED) is 0.175. The lowest BCUT2D eigenvalue weighted by atomic mass is 10.1. The van der Waals surface area contributed by atoms with Gasteiger partial charge >= 0.3 is 0 Å². The van der Waals surface area contributed by atoms with E-state index in [9.17, 15) is 4.79 Å². The first-order chi connectivity index (χ1) is 16.6. The fourth-order valence-electron chi connectivity index (χ4n) is 3.15. The van der Waals surface area contributed by atoms with Crippen molar-refractivity contribution in [1.82, 2.24) is 9.97 Å². The van der Waals surface area contributed by atoms with Gasteiger partial charge in [0.1, 0.15) is 11.6 Å². The molecule has 0 saturated carbocycles. The molecule has 0 aliphatic heterocycles. The Morgan fingerprint density at radius 3 is 2.44 bits per heavy atom. The van der Waals surface area contributed by atoms with Gasteiger partial charge in [-0.1, -0.05) is 48.2 Å². The molecule has 4 N–H and O–H groups in total. The zero-order valence-electron chi connectivity index (χ0n) is 18.7. The number of methoxy groups -OCH3 is 1. The minimum absolute atomic E-state index is 0.198. The van der Waals surface area contributed by atoms with E-state index in [1.54, 1.807) is 37.6 Å². The predicted octanol–water partition coefficient (Wildman–Crippen LogP) is 5.22. The number of amides is 1. The highest BCUT2D eigenvalue weighted by molar-refractivity contribution is 7.98. The lowest BCUT2D eigenvalue weighted by Crippen LogP contribution is -2.13. The number of benzene rings is 3. The van der Waals surface area contributed by atoms with E-state index in [1.165, 1.54) is 11.8 Å². The van der Waals surface area contributed by atoms with E-state index in [-0.39, 0.29) is 5.91 Å². The molecule has 3 aromatic carbocycles. The maximum Gasteiger partial charge on any atom is 0.255 e. The molecule has 1 amide bonds. The molecule has 0 bridgehead atoms. The van der Waals surface area contributed by atoms with Crippen molar-refractivity contribution < 1.29 is 9.53 Å². The molecule has 4 rings (SSSR count). The lowest BCUT2D eigenvalue weighted by Gasteiger charge is -2.09. The van der Waals surface area contributed by atoms with Crippen LogP contribution in [0.3, 0.4) is 0 Å². The second-order valence-corrected chi connectivity index (χ2v) is 8.40. The van der Waals surface area contributed by atoms with Gasteiger partial charge in [0.2, 0.25) is 0 Å². The lowest BCUT2D eigenvalue weighted by molar-refractivity contribution is 0.102. The number of rotatable bonds is 9. The van der Waals surface area contributed by atoms with Gasteiger partial charge in [-0.25, -0.2) is 9.97 Å². The van der Waals surface area contributed by atoms with Crippen molar-refractivity contribution in [3.63, 3.8) is 0 Å². The number of nitrogen functional groups attached to an aromatic ring is 1. The SMILES string of the molecule is COc1ccc(CNc2ccnc(SCc3ccc(C(=O)Nc4ccccc4N)cc3)n2)cc1. The molecule has 7 nitrogen and oxygen atoms in total. The van der Waals surface area contributed by atoms with Gasteiger partial charge < -0.3 is 21.1 Å². The maximum atomic E-state index is 12.5. The summed E-state index contributed by atoms with van der Waals surface area (Å²) in [7, 11) is 1.65. The Labute approximate surface area is 202 Å². The summed E-state index contributed by atoms with van der Waals surface area (Å²) < 4.78 is 5.19. The molecular formula is C26H25N5O2S. The van der Waals surface area contributed by atoms with Crippen LogP contribution in [0.15, 0.2) is 90.2 Å². The van der Waals surface area contributed by atoms with Gasteiger partial charge in [-0.15, -0.1) is 0 Å². The molecule has 34 heavy (non-hydrogen) atoms. The standard InChI is InChI=1S/C26H25N5O2S/c1-33-21-12-8-18(9-13-21)16-29-24-14-15-28-26(31-24)34-17-19-6-10-20(11-7-19)25(32)30-23-5-3-2-4-22(23)27/h2-15H,16-17,27H2,1H3,(H,30,32)(H,28,29,31). The topological polar surface area (TPSA) is 102 Å². The molecule has 0 unspecified atom stereocenters. The van der Waals surface area contributed by atoms with Crippen molar-refractivity contribution >= 4 is 34.9 Å². The van der Waals surface area contributed by atoms with Gasteiger partial charge in [-0.05, 0) is 53.6 Å². The van der Waals surface area contributed by atoms with Crippen LogP contribution < -0.4 is 21.1 Å². The zero-order valence-corrected chi connectivity index (χ0v) is 19.5. The average molecular weight is 472 g/mol. The number of aromatic nitrogens is 2. The van der Waals surface area contributed by atoms with Gasteiger partial charge in [-0.2, -0.15) is 0 Å². The van der Waals surface area contributed by atoms with Gasteiger partial charge in [0.25, 0.3) is 5.91 Å². The van der Waals surface area contributed by atoms with E-state index in [1.807, 2.05) is 54.6 Å². The van der Waals surface area contributed by atoms with Crippen LogP contribution in [-0.4, -0.2) is 23.0 Å². The molecule has 0 fully saturated rings. The van der Waals surface area contributed by atoms with E-state index in [0.717, 1.165) is 22.7 Å². The Balaban J connectivity index is 1.30. The van der Waals surface area contributed by atoms with E-state index in [2.05, 4.69) is 20.6 Å².